The molecule has 0 radical (unpaired) electrons. The first kappa shape index (κ1) is 14.3. The van der Waals surface area contributed by atoms with Crippen LogP contribution in [0, 0.1) is 5.92 Å². The third kappa shape index (κ3) is 3.90. The first-order chi connectivity index (χ1) is 9.20. The van der Waals surface area contributed by atoms with Gasteiger partial charge < -0.3 is 11.1 Å². The van der Waals surface area contributed by atoms with Crippen molar-refractivity contribution in [1.82, 2.24) is 4.98 Å². The summed E-state index contributed by atoms with van der Waals surface area (Å²) >= 11 is 4.91. The van der Waals surface area contributed by atoms with Crippen molar-refractivity contribution in [3.63, 3.8) is 0 Å². The molecule has 0 spiro atoms. The molecule has 2 rings (SSSR count). The fraction of sp³-hybridized carbons (Fsp3) is 0.600. The molecule has 0 amide bonds. The Balaban J connectivity index is 1.99. The fourth-order valence-corrected chi connectivity index (χ4v) is 3.05. The van der Waals surface area contributed by atoms with Crippen molar-refractivity contribution in [2.75, 3.05) is 5.32 Å². The van der Waals surface area contributed by atoms with Gasteiger partial charge in [0.2, 0.25) is 0 Å². The summed E-state index contributed by atoms with van der Waals surface area (Å²) in [6.07, 6.45) is 9.84. The summed E-state index contributed by atoms with van der Waals surface area (Å²) in [6.45, 7) is 2.25. The topological polar surface area (TPSA) is 50.9 Å². The monoisotopic (exact) mass is 277 g/mol. The number of nitrogens with one attached hydrogen (secondary N) is 1. The van der Waals surface area contributed by atoms with Gasteiger partial charge in [-0.2, -0.15) is 0 Å². The van der Waals surface area contributed by atoms with E-state index < -0.39 is 0 Å². The van der Waals surface area contributed by atoms with Crippen molar-refractivity contribution in [3.8, 4) is 0 Å². The predicted octanol–water partition coefficient (Wildman–Crippen LogP) is 3.49. The quantitative estimate of drug-likeness (QED) is 0.809. The number of nitrogens with zero attached hydrogens (tertiary/aromatic N) is 1. The maximum atomic E-state index is 5.56. The highest BCUT2D eigenvalue weighted by Gasteiger charge is 2.22. The summed E-state index contributed by atoms with van der Waals surface area (Å²) in [6, 6.07) is 4.46. The molecule has 3 N–H and O–H groups in total. The van der Waals surface area contributed by atoms with Gasteiger partial charge in [-0.3, -0.25) is 4.98 Å². The molecule has 104 valence electrons. The van der Waals surface area contributed by atoms with E-state index in [1.807, 2.05) is 18.3 Å². The average Bonchev–Trinajstić information content (AvgIpc) is 2.46. The molecule has 1 saturated carbocycles. The molecular formula is C15H23N3S. The molecule has 0 aliphatic heterocycles. The summed E-state index contributed by atoms with van der Waals surface area (Å²) in [5.74, 6) is 0.800. The molecule has 19 heavy (non-hydrogen) atoms. The minimum atomic E-state index is 0.353. The fourth-order valence-electron chi connectivity index (χ4n) is 2.93. The van der Waals surface area contributed by atoms with Gasteiger partial charge in [-0.05, 0) is 37.3 Å². The van der Waals surface area contributed by atoms with Crippen molar-refractivity contribution in [2.45, 2.75) is 51.5 Å². The van der Waals surface area contributed by atoms with Crippen molar-refractivity contribution in [2.24, 2.45) is 11.7 Å². The summed E-state index contributed by atoms with van der Waals surface area (Å²) in [4.78, 5) is 4.63. The number of aromatic nitrogens is 1. The van der Waals surface area contributed by atoms with E-state index in [4.69, 9.17) is 18.0 Å². The molecule has 1 aliphatic rings. The third-order valence-electron chi connectivity index (χ3n) is 4.03. The second-order valence-corrected chi connectivity index (χ2v) is 5.79. The van der Waals surface area contributed by atoms with Gasteiger partial charge in [0.05, 0.1) is 17.6 Å². The molecule has 0 aromatic carbocycles. The molecule has 1 unspecified atom stereocenters. The zero-order valence-electron chi connectivity index (χ0n) is 11.6. The van der Waals surface area contributed by atoms with Crippen LogP contribution in [-0.4, -0.2) is 16.0 Å². The Morgan fingerprint density at radius 3 is 2.68 bits per heavy atom. The van der Waals surface area contributed by atoms with E-state index in [0.717, 1.165) is 18.0 Å². The molecule has 0 saturated heterocycles. The normalized spacial score (nSPS) is 17.9. The van der Waals surface area contributed by atoms with Crippen LogP contribution in [0.3, 0.4) is 0 Å². The maximum Gasteiger partial charge on any atom is 0.122 e. The van der Waals surface area contributed by atoms with E-state index in [-0.39, 0.29) is 0 Å². The minimum Gasteiger partial charge on any atom is -0.388 e. The van der Waals surface area contributed by atoms with Crippen LogP contribution in [-0.2, 0) is 0 Å². The second kappa shape index (κ2) is 6.85. The number of hydrogen-bond acceptors (Lipinski definition) is 3. The standard InChI is InChI=1S/C15H23N3S/c1-2-13(11-6-4-3-5-7-11)18-12-8-9-14(15(16)19)17-10-12/h8-11,13,18H,2-7H2,1H3,(H2,16,19). The van der Waals surface area contributed by atoms with Crippen LogP contribution in [0.1, 0.15) is 51.1 Å². The van der Waals surface area contributed by atoms with Crippen molar-refractivity contribution in [3.05, 3.63) is 24.0 Å². The van der Waals surface area contributed by atoms with Crippen LogP contribution in [0.2, 0.25) is 0 Å². The lowest BCUT2D eigenvalue weighted by atomic mass is 9.83. The smallest absolute Gasteiger partial charge is 0.122 e. The lowest BCUT2D eigenvalue weighted by Crippen LogP contribution is -2.30. The molecule has 0 bridgehead atoms. The van der Waals surface area contributed by atoms with Crippen molar-refractivity contribution >= 4 is 22.9 Å². The average molecular weight is 277 g/mol. The van der Waals surface area contributed by atoms with E-state index in [0.29, 0.717) is 16.7 Å². The largest absolute Gasteiger partial charge is 0.388 e. The Kier molecular flexibility index (Phi) is 5.14. The lowest BCUT2D eigenvalue weighted by molar-refractivity contribution is 0.313. The second-order valence-electron chi connectivity index (χ2n) is 5.35. The van der Waals surface area contributed by atoms with Gasteiger partial charge in [-0.15, -0.1) is 0 Å². The molecule has 1 aromatic rings. The zero-order chi connectivity index (χ0) is 13.7. The predicted molar refractivity (Wildman–Crippen MR) is 84.4 cm³/mol. The first-order valence-corrected chi connectivity index (χ1v) is 7.64. The van der Waals surface area contributed by atoms with Crippen molar-refractivity contribution in [1.29, 1.82) is 0 Å². The van der Waals surface area contributed by atoms with E-state index >= 15 is 0 Å². The molecule has 4 heteroatoms. The van der Waals surface area contributed by atoms with Gasteiger partial charge in [-0.1, -0.05) is 38.4 Å². The lowest BCUT2D eigenvalue weighted by Gasteiger charge is -2.31. The van der Waals surface area contributed by atoms with Gasteiger partial charge in [0.15, 0.2) is 0 Å². The Labute approximate surface area is 121 Å². The van der Waals surface area contributed by atoms with Gasteiger partial charge >= 0.3 is 0 Å². The highest BCUT2D eigenvalue weighted by Crippen LogP contribution is 2.29. The number of nitrogens with two attached hydrogens (primary N) is 1. The van der Waals surface area contributed by atoms with E-state index in [2.05, 4.69) is 17.2 Å². The number of pyridine rings is 1. The minimum absolute atomic E-state index is 0.353. The first-order valence-electron chi connectivity index (χ1n) is 7.23. The van der Waals surface area contributed by atoms with Gasteiger partial charge in [0.1, 0.15) is 4.99 Å². The number of rotatable bonds is 5. The molecule has 1 fully saturated rings. The molecule has 1 heterocycles. The molecule has 1 aliphatic carbocycles. The molecule has 1 atom stereocenters. The van der Waals surface area contributed by atoms with Crippen LogP contribution in [0.25, 0.3) is 0 Å². The van der Waals surface area contributed by atoms with E-state index in [9.17, 15) is 0 Å². The van der Waals surface area contributed by atoms with Crippen LogP contribution in [0.15, 0.2) is 18.3 Å². The van der Waals surface area contributed by atoms with E-state index in [1.54, 1.807) is 0 Å². The molecule has 1 aromatic heterocycles. The van der Waals surface area contributed by atoms with Crippen LogP contribution in [0.4, 0.5) is 5.69 Å². The maximum absolute atomic E-state index is 5.56. The Morgan fingerprint density at radius 1 is 1.42 bits per heavy atom. The van der Waals surface area contributed by atoms with Gasteiger partial charge in [0.25, 0.3) is 0 Å². The summed E-state index contributed by atoms with van der Waals surface area (Å²) in [7, 11) is 0. The van der Waals surface area contributed by atoms with Crippen LogP contribution in [0.5, 0.6) is 0 Å². The molecular weight excluding hydrogens is 254 g/mol. The highest BCUT2D eigenvalue weighted by molar-refractivity contribution is 7.80. The summed E-state index contributed by atoms with van der Waals surface area (Å²) in [5, 5.41) is 3.62. The summed E-state index contributed by atoms with van der Waals surface area (Å²) in [5.41, 5.74) is 7.31. The summed E-state index contributed by atoms with van der Waals surface area (Å²) < 4.78 is 0. The van der Waals surface area contributed by atoms with Crippen molar-refractivity contribution < 1.29 is 0 Å². The zero-order valence-corrected chi connectivity index (χ0v) is 12.4. The number of hydrogen-bond donors (Lipinski definition) is 2. The van der Waals surface area contributed by atoms with Crippen LogP contribution >= 0.6 is 12.2 Å². The van der Waals surface area contributed by atoms with E-state index in [1.165, 1.54) is 32.1 Å². The highest BCUT2D eigenvalue weighted by atomic mass is 32.1. The number of thiocarbonyl (C=S) groups is 1. The third-order valence-corrected chi connectivity index (χ3v) is 4.24. The van der Waals surface area contributed by atoms with Gasteiger partial charge in [-0.25, -0.2) is 0 Å². The Morgan fingerprint density at radius 2 is 2.16 bits per heavy atom. The van der Waals surface area contributed by atoms with Crippen LogP contribution < -0.4 is 11.1 Å². The number of anilines is 1. The Bertz CT molecular complexity index is 410. The Hall–Kier alpha value is -1.16. The van der Waals surface area contributed by atoms with Gasteiger partial charge in [0, 0.05) is 6.04 Å². The SMILES string of the molecule is CCC(Nc1ccc(C(N)=S)nc1)C1CCCCC1. The molecule has 3 nitrogen and oxygen atoms in total.